The van der Waals surface area contributed by atoms with E-state index in [1.165, 1.54) is 7.11 Å². The van der Waals surface area contributed by atoms with Crippen LogP contribution in [0.1, 0.15) is 6.92 Å². The number of rotatable bonds is 2. The second-order valence-electron chi connectivity index (χ2n) is 2.61. The molecule has 1 saturated heterocycles. The summed E-state index contributed by atoms with van der Waals surface area (Å²) < 4.78 is 9.52. The molecule has 3 nitrogen and oxygen atoms in total. The molecular weight excluding hydrogens is 132 g/mol. The molecule has 10 heavy (non-hydrogen) atoms. The van der Waals surface area contributed by atoms with Crippen LogP contribution in [0.15, 0.2) is 0 Å². The predicted molar refractivity (Wildman–Crippen MR) is 35.5 cm³/mol. The molecule has 1 aliphatic heterocycles. The third-order valence-corrected chi connectivity index (χ3v) is 1.94. The second-order valence-corrected chi connectivity index (χ2v) is 2.61. The van der Waals surface area contributed by atoms with Crippen molar-refractivity contribution in [3.8, 4) is 0 Å². The molecule has 58 valence electrons. The van der Waals surface area contributed by atoms with Crippen LogP contribution in [0.5, 0.6) is 0 Å². The molecule has 1 unspecified atom stereocenters. The summed E-state index contributed by atoms with van der Waals surface area (Å²) in [6.07, 6.45) is 0. The molecule has 0 saturated carbocycles. The summed E-state index contributed by atoms with van der Waals surface area (Å²) in [4.78, 5) is 10.9. The van der Waals surface area contributed by atoms with E-state index in [2.05, 4.69) is 4.74 Å². The van der Waals surface area contributed by atoms with Gasteiger partial charge in [0.25, 0.3) is 0 Å². The molecule has 0 aromatic carbocycles. The maximum absolute atomic E-state index is 10.9. The van der Waals surface area contributed by atoms with Crippen molar-refractivity contribution in [2.45, 2.75) is 6.92 Å². The molecule has 1 rings (SSSR count). The summed E-state index contributed by atoms with van der Waals surface area (Å²) in [5, 5.41) is 0. The zero-order chi connectivity index (χ0) is 7.56. The van der Waals surface area contributed by atoms with Gasteiger partial charge in [-0.15, -0.1) is 0 Å². The van der Waals surface area contributed by atoms with Gasteiger partial charge in [0.05, 0.1) is 26.2 Å². The molecule has 0 bridgehead atoms. The molecule has 0 spiro atoms. The fourth-order valence-corrected chi connectivity index (χ4v) is 0.921. The van der Waals surface area contributed by atoms with Crippen molar-refractivity contribution in [2.24, 2.45) is 11.8 Å². The Balaban J connectivity index is 2.31. The third-order valence-electron chi connectivity index (χ3n) is 1.94. The van der Waals surface area contributed by atoms with Crippen LogP contribution < -0.4 is 0 Å². The molecule has 3 heteroatoms. The first kappa shape index (κ1) is 7.54. The number of esters is 1. The number of ether oxygens (including phenoxy) is 2. The molecule has 0 N–H and O–H groups in total. The summed E-state index contributed by atoms with van der Waals surface area (Å²) >= 11 is 0. The van der Waals surface area contributed by atoms with Crippen LogP contribution >= 0.6 is 0 Å². The minimum absolute atomic E-state index is 0.00116. The minimum Gasteiger partial charge on any atom is -0.469 e. The normalized spacial score (nSPS) is 21.4. The highest BCUT2D eigenvalue weighted by atomic mass is 16.5. The Bertz CT molecular complexity index is 129. The third kappa shape index (κ3) is 1.29. The molecular formula is C7H12O3. The molecule has 0 amide bonds. The Hall–Kier alpha value is -0.570. The van der Waals surface area contributed by atoms with Crippen molar-refractivity contribution in [3.63, 3.8) is 0 Å². The lowest BCUT2D eigenvalue weighted by molar-refractivity contribution is -0.154. The van der Waals surface area contributed by atoms with Crippen molar-refractivity contribution in [1.82, 2.24) is 0 Å². The lowest BCUT2D eigenvalue weighted by atomic mass is 9.93. The summed E-state index contributed by atoms with van der Waals surface area (Å²) in [5.41, 5.74) is 0. The van der Waals surface area contributed by atoms with E-state index in [-0.39, 0.29) is 11.9 Å². The summed E-state index contributed by atoms with van der Waals surface area (Å²) in [6, 6.07) is 0. The van der Waals surface area contributed by atoms with Gasteiger partial charge < -0.3 is 9.47 Å². The summed E-state index contributed by atoms with van der Waals surface area (Å²) in [5.74, 6) is 0.250. The molecule has 1 heterocycles. The van der Waals surface area contributed by atoms with Crippen LogP contribution in [0.3, 0.4) is 0 Å². The first-order chi connectivity index (χ1) is 4.75. The average Bonchev–Trinajstić information content (AvgIpc) is 1.82. The monoisotopic (exact) mass is 144 g/mol. The van der Waals surface area contributed by atoms with Gasteiger partial charge in [-0.05, 0) is 0 Å². The SMILES string of the molecule is COC(=O)C(C)C1COC1. The first-order valence-electron chi connectivity index (χ1n) is 3.41. The minimum atomic E-state index is -0.131. The van der Waals surface area contributed by atoms with Crippen molar-refractivity contribution in [2.75, 3.05) is 20.3 Å². The molecule has 0 radical (unpaired) electrons. The number of hydrogen-bond donors (Lipinski definition) is 0. The fourth-order valence-electron chi connectivity index (χ4n) is 0.921. The number of hydrogen-bond acceptors (Lipinski definition) is 3. The van der Waals surface area contributed by atoms with Gasteiger partial charge >= 0.3 is 5.97 Å². The lowest BCUT2D eigenvalue weighted by Crippen LogP contribution is -2.37. The fraction of sp³-hybridized carbons (Fsp3) is 0.857. The van der Waals surface area contributed by atoms with E-state index >= 15 is 0 Å². The Morgan fingerprint density at radius 1 is 1.70 bits per heavy atom. The van der Waals surface area contributed by atoms with Gasteiger partial charge in [-0.2, -0.15) is 0 Å². The van der Waals surface area contributed by atoms with Crippen LogP contribution in [0, 0.1) is 11.8 Å². The molecule has 1 atom stereocenters. The highest BCUT2D eigenvalue weighted by Gasteiger charge is 2.30. The number of methoxy groups -OCH3 is 1. The zero-order valence-electron chi connectivity index (χ0n) is 6.29. The number of carbonyl (C=O) groups is 1. The number of carbonyl (C=O) groups excluding carboxylic acids is 1. The standard InChI is InChI=1S/C7H12O3/c1-5(7(8)9-2)6-3-10-4-6/h5-6H,3-4H2,1-2H3. The molecule has 1 aliphatic rings. The first-order valence-corrected chi connectivity index (χ1v) is 3.41. The molecule has 0 aromatic rings. The van der Waals surface area contributed by atoms with Gasteiger partial charge in [0.2, 0.25) is 0 Å². The zero-order valence-corrected chi connectivity index (χ0v) is 6.29. The van der Waals surface area contributed by atoms with E-state index in [1.807, 2.05) is 6.92 Å². The van der Waals surface area contributed by atoms with Gasteiger partial charge in [0, 0.05) is 5.92 Å². The van der Waals surface area contributed by atoms with E-state index in [4.69, 9.17) is 4.74 Å². The van der Waals surface area contributed by atoms with Gasteiger partial charge in [0.15, 0.2) is 0 Å². The van der Waals surface area contributed by atoms with Gasteiger partial charge in [-0.1, -0.05) is 6.92 Å². The maximum Gasteiger partial charge on any atom is 0.308 e. The second kappa shape index (κ2) is 3.01. The van der Waals surface area contributed by atoms with E-state index in [9.17, 15) is 4.79 Å². The van der Waals surface area contributed by atoms with Gasteiger partial charge in [0.1, 0.15) is 0 Å². The Kier molecular flexibility index (Phi) is 2.27. The lowest BCUT2D eigenvalue weighted by Gasteiger charge is -2.29. The van der Waals surface area contributed by atoms with Crippen molar-refractivity contribution in [3.05, 3.63) is 0 Å². The Labute approximate surface area is 60.3 Å². The topological polar surface area (TPSA) is 35.5 Å². The van der Waals surface area contributed by atoms with Crippen molar-refractivity contribution in [1.29, 1.82) is 0 Å². The van der Waals surface area contributed by atoms with E-state index in [1.54, 1.807) is 0 Å². The highest BCUT2D eigenvalue weighted by molar-refractivity contribution is 5.72. The summed E-state index contributed by atoms with van der Waals surface area (Å²) in [6.45, 7) is 3.28. The van der Waals surface area contributed by atoms with E-state index < -0.39 is 0 Å². The van der Waals surface area contributed by atoms with Crippen LogP contribution in [-0.2, 0) is 14.3 Å². The van der Waals surface area contributed by atoms with Crippen molar-refractivity contribution >= 4 is 5.97 Å². The Morgan fingerprint density at radius 2 is 2.30 bits per heavy atom. The largest absolute Gasteiger partial charge is 0.469 e. The molecule has 1 fully saturated rings. The molecule has 0 aromatic heterocycles. The van der Waals surface area contributed by atoms with E-state index in [0.29, 0.717) is 19.1 Å². The average molecular weight is 144 g/mol. The maximum atomic E-state index is 10.9. The van der Waals surface area contributed by atoms with Crippen LogP contribution in [-0.4, -0.2) is 26.3 Å². The van der Waals surface area contributed by atoms with Crippen LogP contribution in [0.4, 0.5) is 0 Å². The highest BCUT2D eigenvalue weighted by Crippen LogP contribution is 2.20. The summed E-state index contributed by atoms with van der Waals surface area (Å²) in [7, 11) is 1.42. The Morgan fingerprint density at radius 3 is 2.60 bits per heavy atom. The van der Waals surface area contributed by atoms with Crippen LogP contribution in [0.2, 0.25) is 0 Å². The van der Waals surface area contributed by atoms with Gasteiger partial charge in [-0.3, -0.25) is 4.79 Å². The van der Waals surface area contributed by atoms with Gasteiger partial charge in [-0.25, -0.2) is 0 Å². The van der Waals surface area contributed by atoms with Crippen LogP contribution in [0.25, 0.3) is 0 Å². The van der Waals surface area contributed by atoms with Crippen molar-refractivity contribution < 1.29 is 14.3 Å². The molecule has 0 aliphatic carbocycles. The van der Waals surface area contributed by atoms with E-state index in [0.717, 1.165) is 0 Å². The smallest absolute Gasteiger partial charge is 0.308 e. The predicted octanol–water partition coefficient (Wildman–Crippen LogP) is 0.442. The quantitative estimate of drug-likeness (QED) is 0.527.